The van der Waals surface area contributed by atoms with Crippen molar-refractivity contribution in [3.63, 3.8) is 0 Å². The summed E-state index contributed by atoms with van der Waals surface area (Å²) in [4.78, 5) is 17.3. The largest absolute Gasteiger partial charge is 0.353 e. The maximum Gasteiger partial charge on any atom is 0.276 e. The van der Waals surface area contributed by atoms with E-state index in [9.17, 15) is 10.1 Å². The zero-order valence-electron chi connectivity index (χ0n) is 12.0. The van der Waals surface area contributed by atoms with Gasteiger partial charge in [0.25, 0.3) is 5.69 Å². The van der Waals surface area contributed by atoms with Gasteiger partial charge < -0.3 is 10.3 Å². The number of nitrogens with zero attached hydrogens (tertiary/aromatic N) is 3. The first kappa shape index (κ1) is 14.1. The Bertz CT molecular complexity index is 530. The maximum atomic E-state index is 11.1. The SMILES string of the molecule is NNc1cc([N+](=O)[O-])cc(N2CCCC2C2CCCC2)n1. The molecular formula is C14H21N5O2. The van der Waals surface area contributed by atoms with E-state index in [4.69, 9.17) is 5.84 Å². The monoisotopic (exact) mass is 291 g/mol. The van der Waals surface area contributed by atoms with E-state index >= 15 is 0 Å². The fourth-order valence-corrected chi connectivity index (χ4v) is 3.74. The molecule has 1 aromatic heterocycles. The molecule has 1 atom stereocenters. The number of nitro groups is 1. The highest BCUT2D eigenvalue weighted by Gasteiger charge is 2.34. The summed E-state index contributed by atoms with van der Waals surface area (Å²) in [5, 5.41) is 11.1. The van der Waals surface area contributed by atoms with Gasteiger partial charge in [-0.1, -0.05) is 12.8 Å². The number of hydrogen-bond acceptors (Lipinski definition) is 6. The molecule has 1 aliphatic heterocycles. The van der Waals surface area contributed by atoms with Gasteiger partial charge in [0.15, 0.2) is 0 Å². The van der Waals surface area contributed by atoms with Crippen LogP contribution in [0.5, 0.6) is 0 Å². The minimum absolute atomic E-state index is 0.0324. The van der Waals surface area contributed by atoms with Crippen molar-refractivity contribution in [1.82, 2.24) is 4.98 Å². The summed E-state index contributed by atoms with van der Waals surface area (Å²) in [6.45, 7) is 0.916. The Hall–Kier alpha value is -1.89. The second kappa shape index (κ2) is 5.85. The molecule has 7 heteroatoms. The topological polar surface area (TPSA) is 97.3 Å². The molecule has 2 heterocycles. The lowest BCUT2D eigenvalue weighted by atomic mass is 9.96. The first-order valence-corrected chi connectivity index (χ1v) is 7.59. The number of rotatable bonds is 4. The van der Waals surface area contributed by atoms with E-state index in [-0.39, 0.29) is 5.69 Å². The Labute approximate surface area is 123 Å². The molecule has 2 fully saturated rings. The highest BCUT2D eigenvalue weighted by Crippen LogP contribution is 2.38. The number of hydrogen-bond donors (Lipinski definition) is 2. The van der Waals surface area contributed by atoms with Gasteiger partial charge in [0.05, 0.1) is 17.1 Å². The van der Waals surface area contributed by atoms with Crippen molar-refractivity contribution < 1.29 is 4.92 Å². The van der Waals surface area contributed by atoms with Crippen LogP contribution in [0.15, 0.2) is 12.1 Å². The van der Waals surface area contributed by atoms with E-state index in [1.54, 1.807) is 6.07 Å². The second-order valence-corrected chi connectivity index (χ2v) is 5.92. The summed E-state index contributed by atoms with van der Waals surface area (Å²) in [7, 11) is 0. The fraction of sp³-hybridized carbons (Fsp3) is 0.643. The molecule has 1 saturated heterocycles. The smallest absolute Gasteiger partial charge is 0.276 e. The molecule has 0 aromatic carbocycles. The molecule has 21 heavy (non-hydrogen) atoms. The molecule has 0 spiro atoms. The standard InChI is InChI=1S/C14H21N5O2/c15-17-13-8-11(19(20)21)9-14(16-13)18-7-3-6-12(18)10-4-1-2-5-10/h8-10,12H,1-7,15H2,(H,16,17). The van der Waals surface area contributed by atoms with Gasteiger partial charge in [0, 0.05) is 12.6 Å². The van der Waals surface area contributed by atoms with Crippen LogP contribution >= 0.6 is 0 Å². The molecule has 0 bridgehead atoms. The molecule has 1 unspecified atom stereocenters. The van der Waals surface area contributed by atoms with Gasteiger partial charge in [-0.15, -0.1) is 0 Å². The highest BCUT2D eigenvalue weighted by molar-refractivity contribution is 5.56. The van der Waals surface area contributed by atoms with Crippen molar-refractivity contribution in [2.75, 3.05) is 16.9 Å². The predicted molar refractivity (Wildman–Crippen MR) is 81.0 cm³/mol. The second-order valence-electron chi connectivity index (χ2n) is 5.92. The van der Waals surface area contributed by atoms with Gasteiger partial charge in [-0.05, 0) is 31.6 Å². The molecule has 7 nitrogen and oxygen atoms in total. The van der Waals surface area contributed by atoms with Crippen molar-refractivity contribution in [1.29, 1.82) is 0 Å². The van der Waals surface area contributed by atoms with Crippen molar-refractivity contribution in [3.05, 3.63) is 22.2 Å². The number of hydrazine groups is 1. The Morgan fingerprint density at radius 2 is 2.05 bits per heavy atom. The molecular weight excluding hydrogens is 270 g/mol. The van der Waals surface area contributed by atoms with Crippen molar-refractivity contribution in [3.8, 4) is 0 Å². The third-order valence-corrected chi connectivity index (χ3v) is 4.69. The normalized spacial score (nSPS) is 22.7. The van der Waals surface area contributed by atoms with Crippen LogP contribution in [-0.4, -0.2) is 22.5 Å². The number of aromatic nitrogens is 1. The van der Waals surface area contributed by atoms with Gasteiger partial charge >= 0.3 is 0 Å². The van der Waals surface area contributed by atoms with Crippen LogP contribution in [0.2, 0.25) is 0 Å². The lowest BCUT2D eigenvalue weighted by molar-refractivity contribution is -0.384. The van der Waals surface area contributed by atoms with Crippen LogP contribution in [0, 0.1) is 16.0 Å². The number of nitrogens with one attached hydrogen (secondary N) is 1. The first-order chi connectivity index (χ1) is 10.2. The summed E-state index contributed by atoms with van der Waals surface area (Å²) in [5.41, 5.74) is 2.46. The Kier molecular flexibility index (Phi) is 3.92. The highest BCUT2D eigenvalue weighted by atomic mass is 16.6. The third-order valence-electron chi connectivity index (χ3n) is 4.69. The van der Waals surface area contributed by atoms with Crippen molar-refractivity contribution in [2.45, 2.75) is 44.6 Å². The summed E-state index contributed by atoms with van der Waals surface area (Å²) in [6.07, 6.45) is 7.40. The molecule has 2 aliphatic rings. The Morgan fingerprint density at radius 1 is 1.29 bits per heavy atom. The van der Waals surface area contributed by atoms with Gasteiger partial charge in [-0.25, -0.2) is 10.8 Å². The number of anilines is 2. The van der Waals surface area contributed by atoms with Crippen LogP contribution in [0.4, 0.5) is 17.3 Å². The van der Waals surface area contributed by atoms with Crippen molar-refractivity contribution in [2.24, 2.45) is 11.8 Å². The van der Waals surface area contributed by atoms with E-state index in [0.29, 0.717) is 23.6 Å². The maximum absolute atomic E-state index is 11.1. The molecule has 1 saturated carbocycles. The van der Waals surface area contributed by atoms with E-state index in [0.717, 1.165) is 19.4 Å². The molecule has 0 amide bonds. The van der Waals surface area contributed by atoms with Crippen molar-refractivity contribution >= 4 is 17.3 Å². The lowest BCUT2D eigenvalue weighted by Gasteiger charge is -2.30. The molecule has 0 radical (unpaired) electrons. The molecule has 3 N–H and O–H groups in total. The molecule has 3 rings (SSSR count). The zero-order valence-corrected chi connectivity index (χ0v) is 12.0. The van der Waals surface area contributed by atoms with Crippen LogP contribution in [-0.2, 0) is 0 Å². The van der Waals surface area contributed by atoms with Crippen LogP contribution < -0.4 is 16.2 Å². The predicted octanol–water partition coefficient (Wildman–Crippen LogP) is 2.43. The Balaban J connectivity index is 1.90. The van der Waals surface area contributed by atoms with Gasteiger partial charge in [-0.2, -0.15) is 0 Å². The first-order valence-electron chi connectivity index (χ1n) is 7.59. The Morgan fingerprint density at radius 3 is 2.71 bits per heavy atom. The van der Waals surface area contributed by atoms with E-state index in [1.807, 2.05) is 0 Å². The summed E-state index contributed by atoms with van der Waals surface area (Å²) in [6, 6.07) is 3.39. The van der Waals surface area contributed by atoms with Crippen LogP contribution in [0.25, 0.3) is 0 Å². The van der Waals surface area contributed by atoms with E-state index < -0.39 is 4.92 Å². The molecule has 1 aliphatic carbocycles. The molecule has 1 aromatic rings. The number of pyridine rings is 1. The zero-order chi connectivity index (χ0) is 14.8. The fourth-order valence-electron chi connectivity index (χ4n) is 3.74. The van der Waals surface area contributed by atoms with Crippen LogP contribution in [0.3, 0.4) is 0 Å². The summed E-state index contributed by atoms with van der Waals surface area (Å²) in [5.74, 6) is 7.10. The average molecular weight is 291 g/mol. The average Bonchev–Trinajstić information content (AvgIpc) is 3.16. The lowest BCUT2D eigenvalue weighted by Crippen LogP contribution is -2.35. The van der Waals surface area contributed by atoms with E-state index in [2.05, 4.69) is 15.3 Å². The quantitative estimate of drug-likeness (QED) is 0.502. The number of nitrogen functional groups attached to an aromatic ring is 1. The minimum atomic E-state index is -0.396. The molecule has 114 valence electrons. The van der Waals surface area contributed by atoms with Gasteiger partial charge in [0.1, 0.15) is 11.6 Å². The summed E-state index contributed by atoms with van der Waals surface area (Å²) < 4.78 is 0. The van der Waals surface area contributed by atoms with Gasteiger partial charge in [-0.3, -0.25) is 10.1 Å². The van der Waals surface area contributed by atoms with Gasteiger partial charge in [0.2, 0.25) is 0 Å². The van der Waals surface area contributed by atoms with Crippen LogP contribution in [0.1, 0.15) is 38.5 Å². The van der Waals surface area contributed by atoms with E-state index in [1.165, 1.54) is 31.7 Å². The summed E-state index contributed by atoms with van der Waals surface area (Å²) >= 11 is 0. The third kappa shape index (κ3) is 2.78. The number of nitrogens with two attached hydrogens (primary N) is 1. The minimum Gasteiger partial charge on any atom is -0.353 e.